The van der Waals surface area contributed by atoms with Crippen molar-refractivity contribution < 1.29 is 13.9 Å². The van der Waals surface area contributed by atoms with E-state index in [9.17, 15) is 14.0 Å². The SMILES string of the molecule is COc1cccc(CNC(=O)C2CCN(c3ccc(=O)n(-c4cccc(F)c4)n3)CC2)c1. The first-order valence-corrected chi connectivity index (χ1v) is 10.6. The predicted molar refractivity (Wildman–Crippen MR) is 120 cm³/mol. The van der Waals surface area contributed by atoms with Crippen molar-refractivity contribution in [2.45, 2.75) is 19.4 Å². The highest BCUT2D eigenvalue weighted by atomic mass is 19.1. The summed E-state index contributed by atoms with van der Waals surface area (Å²) in [4.78, 5) is 26.9. The number of nitrogens with one attached hydrogen (secondary N) is 1. The number of anilines is 1. The van der Waals surface area contributed by atoms with E-state index in [0.29, 0.717) is 44.0 Å². The summed E-state index contributed by atoms with van der Waals surface area (Å²) in [6.45, 7) is 1.74. The van der Waals surface area contributed by atoms with Gasteiger partial charge in [0.1, 0.15) is 17.4 Å². The molecule has 8 heteroatoms. The van der Waals surface area contributed by atoms with Crippen LogP contribution in [0.4, 0.5) is 10.2 Å². The summed E-state index contributed by atoms with van der Waals surface area (Å²) in [5.41, 5.74) is 1.04. The number of hydrogen-bond acceptors (Lipinski definition) is 5. The zero-order chi connectivity index (χ0) is 22.5. The maximum Gasteiger partial charge on any atom is 0.271 e. The van der Waals surface area contributed by atoms with Gasteiger partial charge >= 0.3 is 0 Å². The lowest BCUT2D eigenvalue weighted by Gasteiger charge is -2.32. The van der Waals surface area contributed by atoms with Crippen LogP contribution in [0.5, 0.6) is 5.75 Å². The van der Waals surface area contributed by atoms with E-state index in [4.69, 9.17) is 4.74 Å². The zero-order valence-corrected chi connectivity index (χ0v) is 17.8. The summed E-state index contributed by atoms with van der Waals surface area (Å²) in [6, 6.07) is 16.5. The minimum atomic E-state index is -0.428. The quantitative estimate of drug-likeness (QED) is 0.643. The average Bonchev–Trinajstić information content (AvgIpc) is 2.83. The molecule has 4 rings (SSSR count). The molecule has 166 valence electrons. The molecular formula is C24H25FN4O3. The maximum absolute atomic E-state index is 13.6. The lowest BCUT2D eigenvalue weighted by molar-refractivity contribution is -0.125. The van der Waals surface area contributed by atoms with Gasteiger partial charge in [-0.25, -0.2) is 4.39 Å². The van der Waals surface area contributed by atoms with Gasteiger partial charge in [0.2, 0.25) is 5.91 Å². The monoisotopic (exact) mass is 436 g/mol. The number of hydrogen-bond donors (Lipinski definition) is 1. The van der Waals surface area contributed by atoms with Gasteiger partial charge in [0.15, 0.2) is 0 Å². The van der Waals surface area contributed by atoms with Crippen LogP contribution >= 0.6 is 0 Å². The van der Waals surface area contributed by atoms with Crippen molar-refractivity contribution in [2.75, 3.05) is 25.1 Å². The van der Waals surface area contributed by atoms with E-state index in [1.807, 2.05) is 29.2 Å². The number of ether oxygens (including phenoxy) is 1. The highest BCUT2D eigenvalue weighted by Gasteiger charge is 2.26. The number of benzene rings is 2. The second-order valence-corrected chi connectivity index (χ2v) is 7.75. The normalized spacial score (nSPS) is 14.2. The van der Waals surface area contributed by atoms with Crippen LogP contribution in [-0.4, -0.2) is 35.9 Å². The van der Waals surface area contributed by atoms with Crippen molar-refractivity contribution >= 4 is 11.7 Å². The molecule has 1 N–H and O–H groups in total. The summed E-state index contributed by atoms with van der Waals surface area (Å²) < 4.78 is 20.0. The number of rotatable bonds is 6. The maximum atomic E-state index is 13.6. The smallest absolute Gasteiger partial charge is 0.271 e. The van der Waals surface area contributed by atoms with Crippen molar-refractivity contribution in [1.82, 2.24) is 15.1 Å². The van der Waals surface area contributed by atoms with Gasteiger partial charge in [0.25, 0.3) is 5.56 Å². The molecule has 2 aromatic carbocycles. The fraction of sp³-hybridized carbons (Fsp3) is 0.292. The van der Waals surface area contributed by atoms with E-state index in [1.165, 1.54) is 22.9 Å². The van der Waals surface area contributed by atoms with Crippen molar-refractivity contribution in [3.63, 3.8) is 0 Å². The van der Waals surface area contributed by atoms with Crippen molar-refractivity contribution in [2.24, 2.45) is 5.92 Å². The summed E-state index contributed by atoms with van der Waals surface area (Å²) in [5.74, 6) is 0.916. The van der Waals surface area contributed by atoms with Gasteiger partial charge in [0, 0.05) is 31.6 Å². The molecule has 3 aromatic rings. The molecule has 7 nitrogen and oxygen atoms in total. The van der Waals surface area contributed by atoms with Crippen LogP contribution in [0, 0.1) is 11.7 Å². The number of aromatic nitrogens is 2. The highest BCUT2D eigenvalue weighted by Crippen LogP contribution is 2.22. The van der Waals surface area contributed by atoms with Crippen LogP contribution in [-0.2, 0) is 11.3 Å². The topological polar surface area (TPSA) is 76.5 Å². The van der Waals surface area contributed by atoms with Crippen LogP contribution in [0.3, 0.4) is 0 Å². The van der Waals surface area contributed by atoms with Gasteiger partial charge in [-0.15, -0.1) is 5.10 Å². The molecular weight excluding hydrogens is 411 g/mol. The molecule has 1 fully saturated rings. The molecule has 1 aliphatic heterocycles. The third-order valence-electron chi connectivity index (χ3n) is 5.63. The van der Waals surface area contributed by atoms with E-state index < -0.39 is 5.82 Å². The molecule has 0 unspecified atom stereocenters. The zero-order valence-electron chi connectivity index (χ0n) is 17.8. The standard InChI is InChI=1S/C24H25FN4O3/c1-32-21-7-2-4-17(14-21)16-26-24(31)18-10-12-28(13-11-18)22-8-9-23(30)29(27-22)20-6-3-5-19(25)15-20/h2-9,14-15,18H,10-13,16H2,1H3,(H,26,31). The van der Waals surface area contributed by atoms with Gasteiger partial charge in [-0.05, 0) is 54.8 Å². The molecule has 32 heavy (non-hydrogen) atoms. The molecule has 0 atom stereocenters. The van der Waals surface area contributed by atoms with Gasteiger partial charge in [-0.1, -0.05) is 18.2 Å². The number of methoxy groups -OCH3 is 1. The van der Waals surface area contributed by atoms with E-state index in [0.717, 1.165) is 11.3 Å². The number of halogens is 1. The van der Waals surface area contributed by atoms with Gasteiger partial charge < -0.3 is 15.0 Å². The summed E-state index contributed by atoms with van der Waals surface area (Å²) in [5, 5.41) is 7.43. The molecule has 0 radical (unpaired) electrons. The Hall–Kier alpha value is -3.68. The molecule has 1 aliphatic rings. The Morgan fingerprint density at radius 1 is 1.12 bits per heavy atom. The lowest BCUT2D eigenvalue weighted by Crippen LogP contribution is -2.41. The first-order chi connectivity index (χ1) is 15.5. The molecule has 2 heterocycles. The Morgan fingerprint density at radius 3 is 2.66 bits per heavy atom. The molecule has 1 aromatic heterocycles. The largest absolute Gasteiger partial charge is 0.497 e. The minimum absolute atomic E-state index is 0.0326. The Balaban J connectivity index is 1.36. The first-order valence-electron chi connectivity index (χ1n) is 10.6. The van der Waals surface area contributed by atoms with Crippen molar-refractivity contribution in [1.29, 1.82) is 0 Å². The number of carbonyl (C=O) groups is 1. The highest BCUT2D eigenvalue weighted by molar-refractivity contribution is 5.79. The van der Waals surface area contributed by atoms with Crippen LogP contribution in [0.25, 0.3) is 5.69 Å². The van der Waals surface area contributed by atoms with Crippen LogP contribution < -0.4 is 20.5 Å². The van der Waals surface area contributed by atoms with Crippen LogP contribution in [0.2, 0.25) is 0 Å². The number of carbonyl (C=O) groups excluding carboxylic acids is 1. The number of piperidine rings is 1. The third-order valence-corrected chi connectivity index (χ3v) is 5.63. The summed E-state index contributed by atoms with van der Waals surface area (Å²) in [7, 11) is 1.62. The molecule has 1 saturated heterocycles. The minimum Gasteiger partial charge on any atom is -0.497 e. The first kappa shape index (κ1) is 21.5. The number of amides is 1. The second-order valence-electron chi connectivity index (χ2n) is 7.75. The van der Waals surface area contributed by atoms with Crippen LogP contribution in [0.15, 0.2) is 65.5 Å². The Kier molecular flexibility index (Phi) is 6.49. The molecule has 0 bridgehead atoms. The van der Waals surface area contributed by atoms with Gasteiger partial charge in [0.05, 0.1) is 12.8 Å². The summed E-state index contributed by atoms with van der Waals surface area (Å²) >= 11 is 0. The predicted octanol–water partition coefficient (Wildman–Crippen LogP) is 2.91. The fourth-order valence-corrected chi connectivity index (χ4v) is 3.85. The van der Waals surface area contributed by atoms with E-state index in [1.54, 1.807) is 25.3 Å². The molecule has 0 aliphatic carbocycles. The number of nitrogens with zero attached hydrogens (tertiary/aromatic N) is 3. The fourth-order valence-electron chi connectivity index (χ4n) is 3.85. The lowest BCUT2D eigenvalue weighted by atomic mass is 9.96. The van der Waals surface area contributed by atoms with Gasteiger partial charge in [-0.2, -0.15) is 4.68 Å². The van der Waals surface area contributed by atoms with Crippen molar-refractivity contribution in [3.05, 3.63) is 82.4 Å². The molecule has 0 saturated carbocycles. The Bertz CT molecular complexity index is 1160. The van der Waals surface area contributed by atoms with E-state index >= 15 is 0 Å². The Morgan fingerprint density at radius 2 is 1.91 bits per heavy atom. The summed E-state index contributed by atoms with van der Waals surface area (Å²) in [6.07, 6.45) is 1.37. The molecule has 1 amide bonds. The van der Waals surface area contributed by atoms with E-state index in [2.05, 4.69) is 10.4 Å². The van der Waals surface area contributed by atoms with Crippen LogP contribution in [0.1, 0.15) is 18.4 Å². The van der Waals surface area contributed by atoms with Gasteiger partial charge in [-0.3, -0.25) is 9.59 Å². The second kappa shape index (κ2) is 9.64. The van der Waals surface area contributed by atoms with Crippen molar-refractivity contribution in [3.8, 4) is 11.4 Å². The third kappa shape index (κ3) is 4.96. The molecule has 0 spiro atoms. The average molecular weight is 436 g/mol. The Labute approximate surface area is 185 Å². The van der Waals surface area contributed by atoms with E-state index in [-0.39, 0.29) is 17.4 Å².